The van der Waals surface area contributed by atoms with Crippen LogP contribution in [0.4, 0.5) is 5.82 Å². The number of aromatic nitrogens is 3. The molecule has 0 spiro atoms. The third-order valence-corrected chi connectivity index (χ3v) is 5.30. The molecule has 29 heavy (non-hydrogen) atoms. The van der Waals surface area contributed by atoms with Gasteiger partial charge in [-0.2, -0.15) is 0 Å². The van der Waals surface area contributed by atoms with Crippen LogP contribution >= 0.6 is 0 Å². The van der Waals surface area contributed by atoms with E-state index in [2.05, 4.69) is 46.1 Å². The van der Waals surface area contributed by atoms with E-state index in [-0.39, 0.29) is 0 Å². The molecule has 0 aliphatic carbocycles. The van der Waals surface area contributed by atoms with E-state index in [0.717, 1.165) is 68.0 Å². The molecule has 152 valence electrons. The minimum atomic E-state index is 0.362. The van der Waals surface area contributed by atoms with Gasteiger partial charge in [-0.1, -0.05) is 25.1 Å². The Bertz CT molecular complexity index is 927. The minimum absolute atomic E-state index is 0.362. The highest BCUT2D eigenvalue weighted by molar-refractivity contribution is 5.80. The predicted octanol–water partition coefficient (Wildman–Crippen LogP) is 4.21. The van der Waals surface area contributed by atoms with Crippen molar-refractivity contribution in [3.63, 3.8) is 0 Å². The summed E-state index contributed by atoms with van der Waals surface area (Å²) in [5.41, 5.74) is 1.98. The highest BCUT2D eigenvalue weighted by Crippen LogP contribution is 2.30. The number of hydrogen-bond donors (Lipinski definition) is 0. The normalized spacial score (nSPS) is 14.8. The molecule has 1 aliphatic rings. The van der Waals surface area contributed by atoms with Crippen LogP contribution in [0, 0.1) is 0 Å². The lowest BCUT2D eigenvalue weighted by Crippen LogP contribution is -2.30. The molecule has 0 unspecified atom stereocenters. The topological polar surface area (TPSA) is 60.4 Å². The fourth-order valence-corrected chi connectivity index (χ4v) is 3.79. The van der Waals surface area contributed by atoms with E-state index in [4.69, 9.17) is 14.5 Å². The van der Waals surface area contributed by atoms with Crippen LogP contribution in [0.15, 0.2) is 48.8 Å². The van der Waals surface area contributed by atoms with Gasteiger partial charge >= 0.3 is 0 Å². The van der Waals surface area contributed by atoms with Gasteiger partial charge in [-0.25, -0.2) is 9.97 Å². The monoisotopic (exact) mass is 392 g/mol. The Labute approximate surface area is 171 Å². The Balaban J connectivity index is 1.44. The van der Waals surface area contributed by atoms with Crippen LogP contribution < -0.4 is 9.64 Å². The molecule has 6 heteroatoms. The van der Waals surface area contributed by atoms with Gasteiger partial charge in [0.25, 0.3) is 0 Å². The zero-order chi connectivity index (χ0) is 19.9. The summed E-state index contributed by atoms with van der Waals surface area (Å²) in [4.78, 5) is 16.1. The van der Waals surface area contributed by atoms with Gasteiger partial charge < -0.3 is 14.4 Å². The molecule has 3 heterocycles. The first-order valence-corrected chi connectivity index (χ1v) is 10.5. The van der Waals surface area contributed by atoms with Crippen molar-refractivity contribution < 1.29 is 9.47 Å². The second-order valence-electron chi connectivity index (χ2n) is 7.33. The van der Waals surface area contributed by atoms with Crippen LogP contribution in [-0.4, -0.2) is 47.9 Å². The number of pyridine rings is 1. The van der Waals surface area contributed by atoms with Gasteiger partial charge in [-0.05, 0) is 37.5 Å². The molecule has 6 nitrogen and oxygen atoms in total. The molecule has 1 aliphatic heterocycles. The molecule has 3 aromatic rings. The molecule has 2 aromatic heterocycles. The molecule has 0 N–H and O–H groups in total. The average molecular weight is 393 g/mol. The van der Waals surface area contributed by atoms with E-state index in [1.165, 1.54) is 0 Å². The highest BCUT2D eigenvalue weighted by atomic mass is 16.5. The Morgan fingerprint density at radius 1 is 1.03 bits per heavy atom. The van der Waals surface area contributed by atoms with E-state index in [1.54, 1.807) is 12.4 Å². The van der Waals surface area contributed by atoms with Crippen molar-refractivity contribution in [3.8, 4) is 5.88 Å². The third kappa shape index (κ3) is 4.82. The zero-order valence-corrected chi connectivity index (χ0v) is 17.0. The first-order valence-electron chi connectivity index (χ1n) is 10.5. The predicted molar refractivity (Wildman–Crippen MR) is 115 cm³/mol. The van der Waals surface area contributed by atoms with Crippen LogP contribution in [0.2, 0.25) is 0 Å². The van der Waals surface area contributed by atoms with Crippen molar-refractivity contribution in [2.24, 2.45) is 0 Å². The van der Waals surface area contributed by atoms with Gasteiger partial charge in [0.05, 0.1) is 12.1 Å². The number of ether oxygens (including phenoxy) is 2. The fourth-order valence-electron chi connectivity index (χ4n) is 3.79. The van der Waals surface area contributed by atoms with Gasteiger partial charge in [0.2, 0.25) is 5.88 Å². The minimum Gasteiger partial charge on any atom is -0.474 e. The van der Waals surface area contributed by atoms with E-state index in [1.807, 2.05) is 12.1 Å². The molecular formula is C23H28N4O2. The molecule has 1 fully saturated rings. The molecule has 4 rings (SSSR count). The van der Waals surface area contributed by atoms with E-state index < -0.39 is 0 Å². The standard InChI is InChI=1S/C23H28N4O2/c1-2-13-27(21-8-7-18-5-3-4-6-20(18)26-21)14-17-29-23-22(24-11-12-25-23)19-9-15-28-16-10-19/h3-8,11-12,19H,2,9-10,13-17H2,1H3. The van der Waals surface area contributed by atoms with E-state index in [9.17, 15) is 0 Å². The molecular weight excluding hydrogens is 364 g/mol. The average Bonchev–Trinajstić information content (AvgIpc) is 2.79. The summed E-state index contributed by atoms with van der Waals surface area (Å²) in [7, 11) is 0. The summed E-state index contributed by atoms with van der Waals surface area (Å²) in [6.07, 6.45) is 6.44. The summed E-state index contributed by atoms with van der Waals surface area (Å²) >= 11 is 0. The van der Waals surface area contributed by atoms with Crippen molar-refractivity contribution in [1.29, 1.82) is 0 Å². The van der Waals surface area contributed by atoms with Gasteiger partial charge in [0.1, 0.15) is 18.1 Å². The maximum absolute atomic E-state index is 6.09. The number of rotatable bonds is 8. The van der Waals surface area contributed by atoms with Gasteiger partial charge in [0.15, 0.2) is 0 Å². The van der Waals surface area contributed by atoms with Crippen molar-refractivity contribution in [3.05, 3.63) is 54.5 Å². The number of benzene rings is 1. The highest BCUT2D eigenvalue weighted by Gasteiger charge is 2.22. The smallest absolute Gasteiger partial charge is 0.235 e. The van der Waals surface area contributed by atoms with Crippen molar-refractivity contribution in [1.82, 2.24) is 15.0 Å². The number of fused-ring (bicyclic) bond motifs is 1. The maximum atomic E-state index is 6.09. The maximum Gasteiger partial charge on any atom is 0.235 e. The molecule has 1 saturated heterocycles. The Morgan fingerprint density at radius 3 is 2.72 bits per heavy atom. The molecule has 0 radical (unpaired) electrons. The van der Waals surface area contributed by atoms with Crippen LogP contribution in [0.1, 0.15) is 37.8 Å². The van der Waals surface area contributed by atoms with Gasteiger partial charge in [0, 0.05) is 43.5 Å². The molecule has 1 aromatic carbocycles. The van der Waals surface area contributed by atoms with Crippen LogP contribution in [0.3, 0.4) is 0 Å². The van der Waals surface area contributed by atoms with E-state index >= 15 is 0 Å². The molecule has 0 atom stereocenters. The fraction of sp³-hybridized carbons (Fsp3) is 0.435. The summed E-state index contributed by atoms with van der Waals surface area (Å²) in [6, 6.07) is 12.4. The first-order chi connectivity index (χ1) is 14.3. The number of anilines is 1. The van der Waals surface area contributed by atoms with Crippen LogP contribution in [0.5, 0.6) is 5.88 Å². The van der Waals surface area contributed by atoms with E-state index in [0.29, 0.717) is 18.4 Å². The summed E-state index contributed by atoms with van der Waals surface area (Å²) in [6.45, 7) is 5.96. The summed E-state index contributed by atoms with van der Waals surface area (Å²) < 4.78 is 11.6. The number of para-hydroxylation sites is 1. The molecule has 0 saturated carbocycles. The van der Waals surface area contributed by atoms with Crippen LogP contribution in [-0.2, 0) is 4.74 Å². The first kappa shape index (κ1) is 19.6. The Morgan fingerprint density at radius 2 is 1.86 bits per heavy atom. The molecule has 0 amide bonds. The number of nitrogens with zero attached hydrogens (tertiary/aromatic N) is 4. The van der Waals surface area contributed by atoms with Gasteiger partial charge in [-0.3, -0.25) is 4.98 Å². The SMILES string of the molecule is CCCN(CCOc1nccnc1C1CCOCC1)c1ccc2ccccc2n1. The van der Waals surface area contributed by atoms with Crippen LogP contribution in [0.25, 0.3) is 10.9 Å². The Hall–Kier alpha value is -2.73. The quantitative estimate of drug-likeness (QED) is 0.572. The van der Waals surface area contributed by atoms with Gasteiger partial charge in [-0.15, -0.1) is 0 Å². The lowest BCUT2D eigenvalue weighted by Gasteiger charge is -2.25. The summed E-state index contributed by atoms with van der Waals surface area (Å²) in [5.74, 6) is 2.00. The second-order valence-corrected chi connectivity index (χ2v) is 7.33. The summed E-state index contributed by atoms with van der Waals surface area (Å²) in [5, 5.41) is 1.16. The largest absolute Gasteiger partial charge is 0.474 e. The van der Waals surface area contributed by atoms with Crippen molar-refractivity contribution in [2.45, 2.75) is 32.1 Å². The number of hydrogen-bond acceptors (Lipinski definition) is 6. The second kappa shape index (κ2) is 9.65. The third-order valence-electron chi connectivity index (χ3n) is 5.30. The Kier molecular flexibility index (Phi) is 6.52. The lowest BCUT2D eigenvalue weighted by molar-refractivity contribution is 0.0835. The molecule has 0 bridgehead atoms. The lowest BCUT2D eigenvalue weighted by atomic mass is 9.96. The van der Waals surface area contributed by atoms with Crippen molar-refractivity contribution in [2.75, 3.05) is 37.8 Å². The zero-order valence-electron chi connectivity index (χ0n) is 17.0. The van der Waals surface area contributed by atoms with Crippen molar-refractivity contribution >= 4 is 16.7 Å².